The predicted molar refractivity (Wildman–Crippen MR) is 89.9 cm³/mol. The van der Waals surface area contributed by atoms with Crippen LogP contribution in [0.3, 0.4) is 0 Å². The number of fused-ring (bicyclic) bond motifs is 1. The van der Waals surface area contributed by atoms with Crippen molar-refractivity contribution in [2.75, 3.05) is 31.9 Å². The molecule has 2 unspecified atom stereocenters. The number of piperidine rings is 2. The van der Waals surface area contributed by atoms with Crippen molar-refractivity contribution in [2.24, 2.45) is 5.41 Å². The number of likely N-dealkylation sites (tertiary alicyclic amines) is 1. The highest BCUT2D eigenvalue weighted by molar-refractivity contribution is 7.99. The highest BCUT2D eigenvalue weighted by Gasteiger charge is 2.39. The summed E-state index contributed by atoms with van der Waals surface area (Å²) in [6, 6.07) is 9.76. The van der Waals surface area contributed by atoms with Crippen molar-refractivity contribution in [1.29, 1.82) is 0 Å². The van der Waals surface area contributed by atoms with Gasteiger partial charge in [-0.1, -0.05) is 18.2 Å². The van der Waals surface area contributed by atoms with Crippen molar-refractivity contribution in [3.63, 3.8) is 0 Å². The van der Waals surface area contributed by atoms with Crippen LogP contribution in [-0.2, 0) is 0 Å². The fourth-order valence-corrected chi connectivity index (χ4v) is 5.70. The Labute approximate surface area is 132 Å². The molecule has 1 spiro atoms. The van der Waals surface area contributed by atoms with Gasteiger partial charge >= 0.3 is 0 Å². The molecule has 0 amide bonds. The molecule has 2 saturated heterocycles. The summed E-state index contributed by atoms with van der Waals surface area (Å²) in [7, 11) is 0. The van der Waals surface area contributed by atoms with Crippen molar-refractivity contribution >= 4 is 11.8 Å². The molecule has 0 aromatic heterocycles. The van der Waals surface area contributed by atoms with Crippen LogP contribution in [0.5, 0.6) is 0 Å². The lowest BCUT2D eigenvalue weighted by atomic mass is 9.74. The van der Waals surface area contributed by atoms with Crippen LogP contribution in [0.1, 0.15) is 43.7 Å². The summed E-state index contributed by atoms with van der Waals surface area (Å²) in [5.74, 6) is 1.28. The van der Waals surface area contributed by atoms with Gasteiger partial charge in [0.15, 0.2) is 0 Å². The van der Waals surface area contributed by atoms with Gasteiger partial charge in [-0.05, 0) is 68.0 Å². The number of thioether (sulfide) groups is 1. The van der Waals surface area contributed by atoms with E-state index in [1.807, 2.05) is 11.8 Å². The molecule has 2 fully saturated rings. The standard InChI is InChI=1S/C18H26N2S/c1-2-6-17-15(5-1)16(7-12-21-17)20-11-4-9-18(14-20)8-3-10-19-13-18/h1-2,5-6,16,19H,3-4,7-14H2. The minimum absolute atomic E-state index is 0.566. The maximum Gasteiger partial charge on any atom is 0.0367 e. The lowest BCUT2D eigenvalue weighted by Crippen LogP contribution is -2.52. The monoisotopic (exact) mass is 302 g/mol. The Balaban J connectivity index is 1.56. The predicted octanol–water partition coefficient (Wildman–Crippen LogP) is 3.69. The van der Waals surface area contributed by atoms with Crippen LogP contribution in [-0.4, -0.2) is 36.8 Å². The summed E-state index contributed by atoms with van der Waals surface area (Å²) in [5, 5.41) is 3.66. The van der Waals surface area contributed by atoms with Crippen molar-refractivity contribution in [3.05, 3.63) is 29.8 Å². The van der Waals surface area contributed by atoms with Crippen LogP contribution in [0, 0.1) is 5.41 Å². The molecule has 0 radical (unpaired) electrons. The summed E-state index contributed by atoms with van der Waals surface area (Å²) in [6.07, 6.45) is 6.93. The molecule has 0 aliphatic carbocycles. The van der Waals surface area contributed by atoms with Crippen LogP contribution in [0.25, 0.3) is 0 Å². The van der Waals surface area contributed by atoms with Gasteiger partial charge in [0.05, 0.1) is 0 Å². The first-order valence-corrected chi connectivity index (χ1v) is 9.51. The van der Waals surface area contributed by atoms with Crippen molar-refractivity contribution in [2.45, 2.75) is 43.0 Å². The third kappa shape index (κ3) is 2.76. The average Bonchev–Trinajstić information content (AvgIpc) is 2.55. The summed E-state index contributed by atoms with van der Waals surface area (Å²) >= 11 is 2.04. The van der Waals surface area contributed by atoms with E-state index in [0.717, 1.165) is 0 Å². The second-order valence-electron chi connectivity index (χ2n) is 7.05. The Morgan fingerprint density at radius 3 is 3.00 bits per heavy atom. The van der Waals surface area contributed by atoms with Crippen molar-refractivity contribution in [3.8, 4) is 0 Å². The van der Waals surface area contributed by atoms with E-state index in [1.165, 1.54) is 68.9 Å². The molecular formula is C18H26N2S. The molecule has 2 nitrogen and oxygen atoms in total. The number of hydrogen-bond donors (Lipinski definition) is 1. The first-order valence-electron chi connectivity index (χ1n) is 8.53. The first kappa shape index (κ1) is 14.1. The van der Waals surface area contributed by atoms with Gasteiger partial charge < -0.3 is 5.32 Å². The molecule has 1 N–H and O–H groups in total. The fourth-order valence-electron chi connectivity index (χ4n) is 4.59. The minimum atomic E-state index is 0.566. The summed E-state index contributed by atoms with van der Waals surface area (Å²) in [6.45, 7) is 5.08. The third-order valence-electron chi connectivity index (χ3n) is 5.62. The number of rotatable bonds is 1. The molecule has 2 atom stereocenters. The van der Waals surface area contributed by atoms with Gasteiger partial charge in [-0.25, -0.2) is 0 Å². The zero-order valence-electron chi connectivity index (χ0n) is 12.8. The largest absolute Gasteiger partial charge is 0.316 e. The SMILES string of the molecule is c1ccc2c(c1)SCCC2N1CCCC2(CCCNC2)C1. The molecule has 3 heteroatoms. The van der Waals surface area contributed by atoms with E-state index in [1.54, 1.807) is 5.56 Å². The van der Waals surface area contributed by atoms with E-state index in [4.69, 9.17) is 0 Å². The van der Waals surface area contributed by atoms with Crippen LogP contribution in [0.2, 0.25) is 0 Å². The van der Waals surface area contributed by atoms with Crippen LogP contribution in [0.4, 0.5) is 0 Å². The maximum absolute atomic E-state index is 3.66. The van der Waals surface area contributed by atoms with Crippen molar-refractivity contribution < 1.29 is 0 Å². The van der Waals surface area contributed by atoms with E-state index in [2.05, 4.69) is 34.5 Å². The first-order chi connectivity index (χ1) is 10.4. The van der Waals surface area contributed by atoms with E-state index >= 15 is 0 Å². The highest BCUT2D eigenvalue weighted by Crippen LogP contribution is 2.44. The lowest BCUT2D eigenvalue weighted by Gasteiger charge is -2.48. The number of nitrogens with one attached hydrogen (secondary N) is 1. The van der Waals surface area contributed by atoms with Crippen LogP contribution >= 0.6 is 11.8 Å². The molecule has 3 aliphatic heterocycles. The zero-order valence-corrected chi connectivity index (χ0v) is 13.6. The third-order valence-corrected chi connectivity index (χ3v) is 6.74. The number of hydrogen-bond acceptors (Lipinski definition) is 3. The Bertz CT molecular complexity index is 490. The number of benzene rings is 1. The Morgan fingerprint density at radius 1 is 1.19 bits per heavy atom. The summed E-state index contributed by atoms with van der Waals surface area (Å²) in [5.41, 5.74) is 2.16. The van der Waals surface area contributed by atoms with Crippen LogP contribution < -0.4 is 5.32 Å². The highest BCUT2D eigenvalue weighted by atomic mass is 32.2. The van der Waals surface area contributed by atoms with Gasteiger partial charge in [0, 0.05) is 24.0 Å². The molecule has 0 saturated carbocycles. The van der Waals surface area contributed by atoms with Gasteiger partial charge in [-0.15, -0.1) is 11.8 Å². The number of nitrogens with zero attached hydrogens (tertiary/aromatic N) is 1. The van der Waals surface area contributed by atoms with Gasteiger partial charge in [0.1, 0.15) is 0 Å². The normalized spacial score (nSPS) is 33.8. The second kappa shape index (κ2) is 5.94. The van der Waals surface area contributed by atoms with E-state index in [9.17, 15) is 0 Å². The Hall–Kier alpha value is -0.510. The van der Waals surface area contributed by atoms with Gasteiger partial charge in [0.2, 0.25) is 0 Å². The second-order valence-corrected chi connectivity index (χ2v) is 8.18. The lowest BCUT2D eigenvalue weighted by molar-refractivity contribution is 0.0347. The molecule has 4 rings (SSSR count). The smallest absolute Gasteiger partial charge is 0.0367 e. The van der Waals surface area contributed by atoms with E-state index < -0.39 is 0 Å². The molecule has 3 heterocycles. The molecule has 0 bridgehead atoms. The fraction of sp³-hybridized carbons (Fsp3) is 0.667. The topological polar surface area (TPSA) is 15.3 Å². The maximum atomic E-state index is 3.66. The van der Waals surface area contributed by atoms with Gasteiger partial charge in [-0.2, -0.15) is 0 Å². The van der Waals surface area contributed by atoms with Crippen molar-refractivity contribution in [1.82, 2.24) is 10.2 Å². The summed E-state index contributed by atoms with van der Waals surface area (Å²) in [4.78, 5) is 4.34. The molecule has 1 aromatic rings. The van der Waals surface area contributed by atoms with Crippen LogP contribution in [0.15, 0.2) is 29.2 Å². The average molecular weight is 302 g/mol. The van der Waals surface area contributed by atoms with Gasteiger partial charge in [-0.3, -0.25) is 4.90 Å². The molecule has 3 aliphatic rings. The minimum Gasteiger partial charge on any atom is -0.316 e. The Kier molecular flexibility index (Phi) is 3.99. The molecule has 1 aromatic carbocycles. The van der Waals surface area contributed by atoms with Gasteiger partial charge in [0.25, 0.3) is 0 Å². The summed E-state index contributed by atoms with van der Waals surface area (Å²) < 4.78 is 0. The zero-order chi connectivity index (χ0) is 14.1. The molecule has 21 heavy (non-hydrogen) atoms. The van der Waals surface area contributed by atoms with E-state index in [-0.39, 0.29) is 0 Å². The molecule has 114 valence electrons. The van der Waals surface area contributed by atoms with E-state index in [0.29, 0.717) is 11.5 Å². The quantitative estimate of drug-likeness (QED) is 0.852. The Morgan fingerprint density at radius 2 is 2.10 bits per heavy atom. The molecular weight excluding hydrogens is 276 g/mol.